The number of rotatable bonds is 5. The SMILES string of the molecule is NS(=O)(=O)c1cc(Br)cc(Cl)c1OCCn1ccnc1. The molecule has 6 nitrogen and oxygen atoms in total. The van der Waals surface area contributed by atoms with Gasteiger partial charge in [-0.25, -0.2) is 18.5 Å². The van der Waals surface area contributed by atoms with E-state index in [2.05, 4.69) is 20.9 Å². The number of hydrogen-bond donors (Lipinski definition) is 1. The summed E-state index contributed by atoms with van der Waals surface area (Å²) in [6.07, 6.45) is 5.04. The Bertz CT molecular complexity index is 704. The van der Waals surface area contributed by atoms with E-state index in [9.17, 15) is 8.42 Å². The number of halogens is 2. The highest BCUT2D eigenvalue weighted by atomic mass is 79.9. The van der Waals surface area contributed by atoms with Gasteiger partial charge in [0.1, 0.15) is 11.5 Å². The molecule has 20 heavy (non-hydrogen) atoms. The van der Waals surface area contributed by atoms with Crippen LogP contribution in [0.5, 0.6) is 5.75 Å². The normalized spacial score (nSPS) is 11.6. The number of nitrogens with zero attached hydrogens (tertiary/aromatic N) is 2. The van der Waals surface area contributed by atoms with Crippen LogP contribution >= 0.6 is 27.5 Å². The third kappa shape index (κ3) is 3.72. The van der Waals surface area contributed by atoms with Crippen molar-refractivity contribution in [2.45, 2.75) is 11.4 Å². The van der Waals surface area contributed by atoms with E-state index in [1.807, 2.05) is 0 Å². The molecular weight excluding hydrogens is 370 g/mol. The molecule has 108 valence electrons. The Kier molecular flexibility index (Phi) is 4.69. The number of benzene rings is 1. The first-order valence-electron chi connectivity index (χ1n) is 5.48. The van der Waals surface area contributed by atoms with Crippen molar-refractivity contribution in [2.24, 2.45) is 5.14 Å². The van der Waals surface area contributed by atoms with Crippen molar-refractivity contribution in [2.75, 3.05) is 6.61 Å². The van der Waals surface area contributed by atoms with Crippen molar-refractivity contribution in [3.63, 3.8) is 0 Å². The van der Waals surface area contributed by atoms with Gasteiger partial charge < -0.3 is 9.30 Å². The van der Waals surface area contributed by atoms with Crippen LogP contribution in [-0.2, 0) is 16.6 Å². The van der Waals surface area contributed by atoms with Gasteiger partial charge in [-0.3, -0.25) is 0 Å². The standard InChI is InChI=1S/C11H11BrClN3O3S/c12-8-5-9(13)11(10(6-8)20(14,17)18)19-4-3-16-2-1-15-7-16/h1-2,5-7H,3-4H2,(H2,14,17,18). The molecule has 0 spiro atoms. The lowest BCUT2D eigenvalue weighted by Gasteiger charge is -2.12. The molecule has 1 aromatic heterocycles. The molecule has 0 fully saturated rings. The zero-order valence-electron chi connectivity index (χ0n) is 10.2. The highest BCUT2D eigenvalue weighted by Crippen LogP contribution is 2.34. The van der Waals surface area contributed by atoms with Gasteiger partial charge in [0.05, 0.1) is 17.9 Å². The van der Waals surface area contributed by atoms with E-state index < -0.39 is 10.0 Å². The first-order chi connectivity index (χ1) is 9.38. The lowest BCUT2D eigenvalue weighted by molar-refractivity contribution is 0.291. The van der Waals surface area contributed by atoms with Gasteiger partial charge in [0, 0.05) is 16.9 Å². The molecule has 2 aromatic rings. The van der Waals surface area contributed by atoms with Crippen molar-refractivity contribution in [3.8, 4) is 5.75 Å². The van der Waals surface area contributed by atoms with Crippen molar-refractivity contribution in [1.29, 1.82) is 0 Å². The zero-order valence-corrected chi connectivity index (χ0v) is 13.3. The number of hydrogen-bond acceptors (Lipinski definition) is 4. The van der Waals surface area contributed by atoms with E-state index in [1.54, 1.807) is 29.4 Å². The fraction of sp³-hybridized carbons (Fsp3) is 0.182. The van der Waals surface area contributed by atoms with Crippen LogP contribution in [0.1, 0.15) is 0 Å². The fourth-order valence-electron chi connectivity index (χ4n) is 1.56. The second-order valence-corrected chi connectivity index (χ2v) is 6.76. The van der Waals surface area contributed by atoms with E-state index in [0.717, 1.165) is 0 Å². The minimum Gasteiger partial charge on any atom is -0.489 e. The second-order valence-electron chi connectivity index (χ2n) is 3.91. The second kappa shape index (κ2) is 6.13. The average Bonchev–Trinajstić information content (AvgIpc) is 2.83. The molecule has 2 rings (SSSR count). The number of sulfonamides is 1. The van der Waals surface area contributed by atoms with Crippen molar-refractivity contribution in [3.05, 3.63) is 40.3 Å². The largest absolute Gasteiger partial charge is 0.489 e. The van der Waals surface area contributed by atoms with E-state index in [0.29, 0.717) is 11.0 Å². The van der Waals surface area contributed by atoms with Crippen LogP contribution in [0, 0.1) is 0 Å². The van der Waals surface area contributed by atoms with Crippen LogP contribution in [0.3, 0.4) is 0 Å². The van der Waals surface area contributed by atoms with Gasteiger partial charge in [-0.15, -0.1) is 0 Å². The Labute approximate surface area is 129 Å². The molecule has 2 N–H and O–H groups in total. The number of nitrogens with two attached hydrogens (primary N) is 1. The van der Waals surface area contributed by atoms with Crippen LogP contribution in [0.25, 0.3) is 0 Å². The molecule has 0 aliphatic heterocycles. The van der Waals surface area contributed by atoms with Crippen molar-refractivity contribution < 1.29 is 13.2 Å². The van der Waals surface area contributed by atoms with Crippen LogP contribution in [0.15, 0.2) is 40.2 Å². The first-order valence-corrected chi connectivity index (χ1v) is 8.20. The highest BCUT2D eigenvalue weighted by Gasteiger charge is 2.19. The highest BCUT2D eigenvalue weighted by molar-refractivity contribution is 9.10. The lowest BCUT2D eigenvalue weighted by Crippen LogP contribution is -2.15. The van der Waals surface area contributed by atoms with Crippen LogP contribution in [-0.4, -0.2) is 24.6 Å². The van der Waals surface area contributed by atoms with Gasteiger partial charge in [-0.05, 0) is 12.1 Å². The van der Waals surface area contributed by atoms with E-state index in [1.165, 1.54) is 6.07 Å². The molecule has 0 atom stereocenters. The van der Waals surface area contributed by atoms with Crippen molar-refractivity contribution >= 4 is 37.6 Å². The first kappa shape index (κ1) is 15.3. The summed E-state index contributed by atoms with van der Waals surface area (Å²) in [4.78, 5) is 3.74. The molecule has 1 aromatic carbocycles. The predicted octanol–water partition coefficient (Wildman–Crippen LogP) is 2.03. The third-order valence-corrected chi connectivity index (χ3v) is 4.09. The summed E-state index contributed by atoms with van der Waals surface area (Å²) in [5.74, 6) is 0.0532. The topological polar surface area (TPSA) is 87.2 Å². The predicted molar refractivity (Wildman–Crippen MR) is 78.2 cm³/mol. The van der Waals surface area contributed by atoms with Crippen LogP contribution < -0.4 is 9.88 Å². The van der Waals surface area contributed by atoms with Gasteiger partial charge in [-0.1, -0.05) is 27.5 Å². The molecule has 9 heteroatoms. The van der Waals surface area contributed by atoms with Gasteiger partial charge >= 0.3 is 0 Å². The Morgan fingerprint density at radius 3 is 2.80 bits per heavy atom. The number of ether oxygens (including phenoxy) is 1. The molecular formula is C11H11BrClN3O3S. The Balaban J connectivity index is 2.22. The van der Waals surface area contributed by atoms with Gasteiger partial charge in [-0.2, -0.15) is 0 Å². The van der Waals surface area contributed by atoms with Gasteiger partial charge in [0.15, 0.2) is 5.75 Å². The summed E-state index contributed by atoms with van der Waals surface area (Å²) in [6.45, 7) is 0.747. The molecule has 0 aliphatic rings. The maximum atomic E-state index is 11.6. The average molecular weight is 381 g/mol. The monoisotopic (exact) mass is 379 g/mol. The Morgan fingerprint density at radius 2 is 2.20 bits per heavy atom. The Hall–Kier alpha value is -1.09. The zero-order chi connectivity index (χ0) is 14.8. The minimum atomic E-state index is -3.92. The molecule has 0 radical (unpaired) electrons. The number of imidazole rings is 1. The Morgan fingerprint density at radius 1 is 1.45 bits per heavy atom. The fourth-order valence-corrected chi connectivity index (χ4v) is 3.35. The summed E-state index contributed by atoms with van der Waals surface area (Å²) < 4.78 is 30.9. The quantitative estimate of drug-likeness (QED) is 0.859. The third-order valence-electron chi connectivity index (χ3n) is 2.44. The molecule has 0 saturated heterocycles. The van der Waals surface area contributed by atoms with E-state index in [4.69, 9.17) is 21.5 Å². The summed E-state index contributed by atoms with van der Waals surface area (Å²) >= 11 is 9.17. The molecule has 0 unspecified atom stereocenters. The van der Waals surface area contributed by atoms with Crippen molar-refractivity contribution in [1.82, 2.24) is 9.55 Å². The van der Waals surface area contributed by atoms with Gasteiger partial charge in [0.2, 0.25) is 10.0 Å². The van der Waals surface area contributed by atoms with Crippen LogP contribution in [0.2, 0.25) is 5.02 Å². The summed E-state index contributed by atoms with van der Waals surface area (Å²) in [5.41, 5.74) is 0. The molecule has 0 aliphatic carbocycles. The van der Waals surface area contributed by atoms with E-state index in [-0.39, 0.29) is 22.3 Å². The lowest BCUT2D eigenvalue weighted by atomic mass is 10.3. The maximum absolute atomic E-state index is 11.6. The summed E-state index contributed by atoms with van der Waals surface area (Å²) in [7, 11) is -3.92. The molecule has 0 saturated carbocycles. The summed E-state index contributed by atoms with van der Waals surface area (Å²) in [5, 5.41) is 5.33. The number of primary sulfonamides is 1. The smallest absolute Gasteiger partial charge is 0.241 e. The maximum Gasteiger partial charge on any atom is 0.241 e. The molecule has 0 amide bonds. The van der Waals surface area contributed by atoms with Gasteiger partial charge in [0.25, 0.3) is 0 Å². The number of aromatic nitrogens is 2. The molecule has 1 heterocycles. The van der Waals surface area contributed by atoms with E-state index >= 15 is 0 Å². The molecule has 0 bridgehead atoms. The minimum absolute atomic E-state index is 0.0532. The summed E-state index contributed by atoms with van der Waals surface area (Å²) in [6, 6.07) is 2.90. The van der Waals surface area contributed by atoms with Crippen LogP contribution in [0.4, 0.5) is 0 Å².